The van der Waals surface area contributed by atoms with E-state index in [0.717, 1.165) is 56.7 Å². The molecule has 0 amide bonds. The molecule has 5 aromatic rings. The lowest BCUT2D eigenvalue weighted by atomic mass is 10.1. The van der Waals surface area contributed by atoms with Crippen LogP contribution < -0.4 is 0 Å². The lowest BCUT2D eigenvalue weighted by Gasteiger charge is -1.96. The Labute approximate surface area is 214 Å². The molecule has 0 saturated carbocycles. The first kappa shape index (κ1) is 24.4. The van der Waals surface area contributed by atoms with E-state index < -0.39 is 0 Å². The molecule has 36 heavy (non-hydrogen) atoms. The van der Waals surface area contributed by atoms with E-state index in [1.165, 1.54) is 62.5 Å². The molecule has 0 fully saturated rings. The zero-order valence-electron chi connectivity index (χ0n) is 21.8. The molecule has 0 aliphatic carbocycles. The van der Waals surface area contributed by atoms with E-state index in [0.29, 0.717) is 0 Å². The van der Waals surface area contributed by atoms with Crippen LogP contribution in [0.5, 0.6) is 0 Å². The highest BCUT2D eigenvalue weighted by Gasteiger charge is 2.13. The Hall–Kier alpha value is -3.26. The van der Waals surface area contributed by atoms with Crippen molar-refractivity contribution < 1.29 is 8.83 Å². The fourth-order valence-corrected chi connectivity index (χ4v) is 5.10. The Morgan fingerprint density at radius 3 is 1.39 bits per heavy atom. The van der Waals surface area contributed by atoms with Crippen molar-refractivity contribution in [2.24, 2.45) is 0 Å². The molecular weight excluding hydrogens is 440 g/mol. The number of hydrogen-bond donors (Lipinski definition) is 0. The quantitative estimate of drug-likeness (QED) is 0.167. The number of allylic oxidation sites excluding steroid dienone is 2. The summed E-state index contributed by atoms with van der Waals surface area (Å²) in [5.41, 5.74) is 6.08. The highest BCUT2D eigenvalue weighted by Crippen LogP contribution is 2.37. The van der Waals surface area contributed by atoms with Crippen molar-refractivity contribution >= 4 is 56.0 Å². The van der Waals surface area contributed by atoms with Crippen molar-refractivity contribution in [3.8, 4) is 0 Å². The van der Waals surface area contributed by atoms with Crippen LogP contribution in [0.25, 0.3) is 56.0 Å². The molecule has 0 unspecified atom stereocenters. The molecule has 5 rings (SSSR count). The summed E-state index contributed by atoms with van der Waals surface area (Å²) in [5, 5.41) is 4.50. The average molecular weight is 479 g/mol. The van der Waals surface area contributed by atoms with Crippen molar-refractivity contribution in [1.82, 2.24) is 0 Å². The fraction of sp³-hybridized carbons (Fsp3) is 0.353. The van der Waals surface area contributed by atoms with E-state index in [1.807, 2.05) is 0 Å². The Bertz CT molecular complexity index is 1390. The molecule has 0 saturated heterocycles. The second-order valence-electron chi connectivity index (χ2n) is 10.1. The van der Waals surface area contributed by atoms with E-state index in [4.69, 9.17) is 8.83 Å². The Morgan fingerprint density at radius 2 is 0.944 bits per heavy atom. The molecule has 2 nitrogen and oxygen atoms in total. The van der Waals surface area contributed by atoms with Gasteiger partial charge in [-0.2, -0.15) is 0 Å². The summed E-state index contributed by atoms with van der Waals surface area (Å²) in [6, 6.07) is 17.3. The SMILES string of the molecule is CCCCCC/C=C/c1ccc2c(c1)oc1cc3c(cc12)oc1cc(/C=C/CCCCCC)ccc13. The summed E-state index contributed by atoms with van der Waals surface area (Å²) < 4.78 is 12.6. The highest BCUT2D eigenvalue weighted by molar-refractivity contribution is 6.15. The number of furan rings is 2. The molecule has 0 atom stereocenters. The van der Waals surface area contributed by atoms with Gasteiger partial charge in [-0.1, -0.05) is 88.8 Å². The average Bonchev–Trinajstić information content (AvgIpc) is 3.43. The maximum atomic E-state index is 6.31. The van der Waals surface area contributed by atoms with Gasteiger partial charge in [0.2, 0.25) is 0 Å². The van der Waals surface area contributed by atoms with Gasteiger partial charge in [0.1, 0.15) is 22.3 Å². The number of benzene rings is 3. The van der Waals surface area contributed by atoms with Crippen LogP contribution in [0.2, 0.25) is 0 Å². The molecule has 0 bridgehead atoms. The minimum atomic E-state index is 0.914. The Kier molecular flexibility index (Phi) is 7.91. The molecule has 0 radical (unpaired) electrons. The van der Waals surface area contributed by atoms with Crippen LogP contribution in [0.4, 0.5) is 0 Å². The van der Waals surface area contributed by atoms with Gasteiger partial charge in [-0.15, -0.1) is 0 Å². The van der Waals surface area contributed by atoms with Crippen LogP contribution in [0.15, 0.2) is 69.5 Å². The number of unbranched alkanes of at least 4 members (excludes halogenated alkanes) is 8. The van der Waals surface area contributed by atoms with Crippen molar-refractivity contribution in [2.75, 3.05) is 0 Å². The zero-order valence-corrected chi connectivity index (χ0v) is 21.8. The van der Waals surface area contributed by atoms with Crippen molar-refractivity contribution in [3.63, 3.8) is 0 Å². The van der Waals surface area contributed by atoms with Gasteiger partial charge < -0.3 is 8.83 Å². The Balaban J connectivity index is 1.37. The normalized spacial score (nSPS) is 12.5. The highest BCUT2D eigenvalue weighted by atomic mass is 16.3. The molecular formula is C34H38O2. The van der Waals surface area contributed by atoms with Crippen LogP contribution in [0.3, 0.4) is 0 Å². The van der Waals surface area contributed by atoms with Gasteiger partial charge in [-0.3, -0.25) is 0 Å². The predicted molar refractivity (Wildman–Crippen MR) is 157 cm³/mol. The molecule has 0 N–H and O–H groups in total. The minimum Gasteiger partial charge on any atom is -0.456 e. The summed E-state index contributed by atoms with van der Waals surface area (Å²) in [6.07, 6.45) is 21.7. The van der Waals surface area contributed by atoms with Crippen LogP contribution in [0, 0.1) is 0 Å². The Morgan fingerprint density at radius 1 is 0.500 bits per heavy atom. The molecule has 0 aliphatic heterocycles. The zero-order chi connectivity index (χ0) is 24.7. The van der Waals surface area contributed by atoms with E-state index in [2.05, 4.69) is 86.7 Å². The molecule has 2 heteroatoms. The topological polar surface area (TPSA) is 26.3 Å². The lowest BCUT2D eigenvalue weighted by Crippen LogP contribution is -1.75. The molecule has 0 spiro atoms. The molecule has 0 aliphatic rings. The van der Waals surface area contributed by atoms with Gasteiger partial charge in [-0.25, -0.2) is 0 Å². The number of fused-ring (bicyclic) bond motifs is 6. The summed E-state index contributed by atoms with van der Waals surface area (Å²) in [4.78, 5) is 0. The third-order valence-corrected chi connectivity index (χ3v) is 7.18. The predicted octanol–water partition coefficient (Wildman–Crippen LogP) is 11.5. The van der Waals surface area contributed by atoms with E-state index >= 15 is 0 Å². The second-order valence-corrected chi connectivity index (χ2v) is 10.1. The van der Waals surface area contributed by atoms with Crippen molar-refractivity contribution in [2.45, 2.75) is 78.1 Å². The van der Waals surface area contributed by atoms with Gasteiger partial charge >= 0.3 is 0 Å². The van der Waals surface area contributed by atoms with Crippen LogP contribution in [0.1, 0.15) is 89.2 Å². The van der Waals surface area contributed by atoms with Gasteiger partial charge in [0.05, 0.1) is 0 Å². The number of rotatable bonds is 12. The van der Waals surface area contributed by atoms with E-state index in [-0.39, 0.29) is 0 Å². The first-order valence-electron chi connectivity index (χ1n) is 13.9. The monoisotopic (exact) mass is 478 g/mol. The van der Waals surface area contributed by atoms with Crippen LogP contribution in [-0.4, -0.2) is 0 Å². The van der Waals surface area contributed by atoms with Crippen molar-refractivity contribution in [1.29, 1.82) is 0 Å². The summed E-state index contributed by atoms with van der Waals surface area (Å²) in [5.74, 6) is 0. The smallest absolute Gasteiger partial charge is 0.136 e. The van der Waals surface area contributed by atoms with Crippen molar-refractivity contribution in [3.05, 3.63) is 71.8 Å². The summed E-state index contributed by atoms with van der Waals surface area (Å²) in [6.45, 7) is 4.51. The minimum absolute atomic E-state index is 0.914. The molecule has 2 heterocycles. The fourth-order valence-electron chi connectivity index (χ4n) is 5.10. The van der Waals surface area contributed by atoms with Gasteiger partial charge in [0.15, 0.2) is 0 Å². The molecule has 186 valence electrons. The second kappa shape index (κ2) is 11.6. The third kappa shape index (κ3) is 5.43. The lowest BCUT2D eigenvalue weighted by molar-refractivity contribution is 0.664. The van der Waals surface area contributed by atoms with E-state index in [9.17, 15) is 0 Å². The summed E-state index contributed by atoms with van der Waals surface area (Å²) in [7, 11) is 0. The number of hydrogen-bond acceptors (Lipinski definition) is 2. The third-order valence-electron chi connectivity index (χ3n) is 7.18. The maximum absolute atomic E-state index is 6.31. The van der Waals surface area contributed by atoms with Gasteiger partial charge in [0, 0.05) is 21.5 Å². The van der Waals surface area contributed by atoms with Crippen LogP contribution in [-0.2, 0) is 0 Å². The van der Waals surface area contributed by atoms with Crippen LogP contribution >= 0.6 is 0 Å². The molecule has 2 aromatic heterocycles. The maximum Gasteiger partial charge on any atom is 0.136 e. The van der Waals surface area contributed by atoms with E-state index in [1.54, 1.807) is 0 Å². The van der Waals surface area contributed by atoms with Gasteiger partial charge in [-0.05, 0) is 73.2 Å². The van der Waals surface area contributed by atoms with Gasteiger partial charge in [0.25, 0.3) is 0 Å². The molecule has 3 aromatic carbocycles. The summed E-state index contributed by atoms with van der Waals surface area (Å²) >= 11 is 0. The standard InChI is InChI=1S/C34H38O2/c1-3-5-7-9-11-13-15-25-17-19-27-29-23-34-30(24-33(29)35-31(27)21-25)28-20-18-26(22-32(28)36-34)16-14-12-10-8-6-4-2/h13-24H,3-12H2,1-2H3/b15-13+,16-14+. The first-order chi connectivity index (χ1) is 17.8. The largest absolute Gasteiger partial charge is 0.456 e. The first-order valence-corrected chi connectivity index (χ1v) is 13.9.